The fourth-order valence-corrected chi connectivity index (χ4v) is 2.85. The Hall–Kier alpha value is -2.19. The summed E-state index contributed by atoms with van der Waals surface area (Å²) in [7, 11) is 3.95. The Labute approximate surface area is 134 Å². The van der Waals surface area contributed by atoms with Crippen LogP contribution in [0, 0.1) is 6.92 Å². The zero-order valence-electron chi connectivity index (χ0n) is 13.5. The van der Waals surface area contributed by atoms with Gasteiger partial charge in [0.15, 0.2) is 0 Å². The quantitative estimate of drug-likeness (QED) is 0.884. The van der Waals surface area contributed by atoms with E-state index in [1.165, 1.54) is 6.20 Å². The number of ether oxygens (including phenoxy) is 1. The van der Waals surface area contributed by atoms with Crippen LogP contribution >= 0.6 is 0 Å². The van der Waals surface area contributed by atoms with Crippen molar-refractivity contribution in [1.29, 1.82) is 0 Å². The molecule has 3 heterocycles. The highest BCUT2D eigenvalue weighted by Gasteiger charge is 2.33. The molecule has 1 saturated heterocycles. The number of morpholine rings is 1. The molecule has 8 heteroatoms. The molecule has 0 spiro atoms. The summed E-state index contributed by atoms with van der Waals surface area (Å²) in [5.41, 5.74) is 1.05. The van der Waals surface area contributed by atoms with Crippen molar-refractivity contribution in [3.8, 4) is 0 Å². The SMILES string of the molecule is Cc1cnc(C(=O)NC[C@@H]2OCCN(C)[C@H]2c2ccnn2C)o1. The van der Waals surface area contributed by atoms with Gasteiger partial charge in [0.2, 0.25) is 0 Å². The van der Waals surface area contributed by atoms with E-state index in [0.29, 0.717) is 18.9 Å². The summed E-state index contributed by atoms with van der Waals surface area (Å²) < 4.78 is 13.0. The predicted octanol–water partition coefficient (Wildman–Crippen LogP) is 0.518. The molecule has 8 nitrogen and oxygen atoms in total. The van der Waals surface area contributed by atoms with Gasteiger partial charge in [0, 0.05) is 26.3 Å². The van der Waals surface area contributed by atoms with E-state index >= 15 is 0 Å². The van der Waals surface area contributed by atoms with Crippen LogP contribution in [0.25, 0.3) is 0 Å². The van der Waals surface area contributed by atoms with E-state index in [2.05, 4.69) is 20.3 Å². The fraction of sp³-hybridized carbons (Fsp3) is 0.533. The van der Waals surface area contributed by atoms with Crippen molar-refractivity contribution in [3.05, 3.63) is 35.8 Å². The summed E-state index contributed by atoms with van der Waals surface area (Å²) in [5.74, 6) is 0.346. The van der Waals surface area contributed by atoms with E-state index in [0.717, 1.165) is 12.2 Å². The number of carbonyl (C=O) groups excluding carboxylic acids is 1. The van der Waals surface area contributed by atoms with E-state index in [-0.39, 0.29) is 23.9 Å². The molecule has 23 heavy (non-hydrogen) atoms. The van der Waals surface area contributed by atoms with Gasteiger partial charge in [0.25, 0.3) is 5.89 Å². The van der Waals surface area contributed by atoms with Gasteiger partial charge in [0.05, 0.1) is 30.6 Å². The number of aryl methyl sites for hydroxylation is 2. The minimum Gasteiger partial charge on any atom is -0.438 e. The van der Waals surface area contributed by atoms with Crippen molar-refractivity contribution in [1.82, 2.24) is 25.0 Å². The number of rotatable bonds is 4. The third-order valence-electron chi connectivity index (χ3n) is 4.04. The molecule has 0 aliphatic carbocycles. The monoisotopic (exact) mass is 319 g/mol. The lowest BCUT2D eigenvalue weighted by Crippen LogP contribution is -2.48. The van der Waals surface area contributed by atoms with Gasteiger partial charge >= 0.3 is 5.91 Å². The summed E-state index contributed by atoms with van der Waals surface area (Å²) in [4.78, 5) is 18.2. The minimum absolute atomic E-state index is 0.0304. The topological polar surface area (TPSA) is 85.4 Å². The lowest BCUT2D eigenvalue weighted by Gasteiger charge is -2.39. The van der Waals surface area contributed by atoms with E-state index in [1.54, 1.807) is 13.1 Å². The molecule has 2 aromatic rings. The Morgan fingerprint density at radius 1 is 1.48 bits per heavy atom. The van der Waals surface area contributed by atoms with Gasteiger partial charge in [-0.3, -0.25) is 14.4 Å². The molecule has 1 aliphatic heterocycles. The van der Waals surface area contributed by atoms with Crippen molar-refractivity contribution < 1.29 is 13.9 Å². The lowest BCUT2D eigenvalue weighted by molar-refractivity contribution is -0.0629. The molecule has 1 aliphatic rings. The Bertz CT molecular complexity index is 680. The van der Waals surface area contributed by atoms with Gasteiger partial charge in [-0.2, -0.15) is 5.10 Å². The predicted molar refractivity (Wildman–Crippen MR) is 81.9 cm³/mol. The maximum atomic E-state index is 12.1. The first-order valence-corrected chi connectivity index (χ1v) is 7.56. The number of carbonyl (C=O) groups is 1. The van der Waals surface area contributed by atoms with Crippen LogP contribution < -0.4 is 5.32 Å². The van der Waals surface area contributed by atoms with E-state index in [1.807, 2.05) is 24.8 Å². The van der Waals surface area contributed by atoms with Crippen LogP contribution in [0.5, 0.6) is 0 Å². The standard InChI is InChI=1S/C15H21N5O3/c1-10-8-17-15(23-10)14(21)16-9-12-13(19(2)6-7-22-12)11-4-5-18-20(11)3/h4-5,8,12-13H,6-7,9H2,1-3H3,(H,16,21)/t12-,13-/m0/s1. The third-order valence-corrected chi connectivity index (χ3v) is 4.04. The minimum atomic E-state index is -0.335. The normalized spacial score (nSPS) is 22.2. The van der Waals surface area contributed by atoms with Gasteiger partial charge in [-0.25, -0.2) is 4.98 Å². The number of amides is 1. The number of hydrogen-bond acceptors (Lipinski definition) is 6. The molecule has 2 atom stereocenters. The molecule has 1 amide bonds. The Morgan fingerprint density at radius 2 is 2.30 bits per heavy atom. The van der Waals surface area contributed by atoms with Gasteiger partial charge in [-0.1, -0.05) is 0 Å². The van der Waals surface area contributed by atoms with Crippen molar-refractivity contribution in [2.24, 2.45) is 7.05 Å². The average Bonchev–Trinajstić information content (AvgIpc) is 3.13. The fourth-order valence-electron chi connectivity index (χ4n) is 2.85. The second-order valence-corrected chi connectivity index (χ2v) is 5.70. The number of oxazole rings is 1. The highest BCUT2D eigenvalue weighted by atomic mass is 16.5. The molecule has 1 fully saturated rings. The first-order chi connectivity index (χ1) is 11.1. The zero-order valence-corrected chi connectivity index (χ0v) is 13.5. The van der Waals surface area contributed by atoms with Crippen LogP contribution in [0.3, 0.4) is 0 Å². The molecule has 0 unspecified atom stereocenters. The lowest BCUT2D eigenvalue weighted by atomic mass is 10.0. The van der Waals surface area contributed by atoms with Crippen LogP contribution in [0.4, 0.5) is 0 Å². The summed E-state index contributed by atoms with van der Waals surface area (Å²) in [5, 5.41) is 7.07. The first kappa shape index (κ1) is 15.7. The van der Waals surface area contributed by atoms with Crippen LogP contribution in [0.2, 0.25) is 0 Å². The second kappa shape index (κ2) is 6.51. The molecule has 124 valence electrons. The van der Waals surface area contributed by atoms with Crippen molar-refractivity contribution in [2.75, 3.05) is 26.7 Å². The molecular weight excluding hydrogens is 298 g/mol. The molecule has 0 aromatic carbocycles. The van der Waals surface area contributed by atoms with Gasteiger partial charge < -0.3 is 14.5 Å². The van der Waals surface area contributed by atoms with Crippen LogP contribution in [-0.2, 0) is 11.8 Å². The first-order valence-electron chi connectivity index (χ1n) is 7.56. The van der Waals surface area contributed by atoms with Crippen LogP contribution in [-0.4, -0.2) is 58.4 Å². The van der Waals surface area contributed by atoms with Gasteiger partial charge in [0.1, 0.15) is 5.76 Å². The largest absolute Gasteiger partial charge is 0.438 e. The maximum absolute atomic E-state index is 12.1. The van der Waals surface area contributed by atoms with E-state index in [9.17, 15) is 4.79 Å². The Balaban J connectivity index is 1.69. The van der Waals surface area contributed by atoms with Crippen molar-refractivity contribution >= 4 is 5.91 Å². The average molecular weight is 319 g/mol. The number of aromatic nitrogens is 3. The molecule has 2 aromatic heterocycles. The molecule has 0 radical (unpaired) electrons. The Morgan fingerprint density at radius 3 is 2.96 bits per heavy atom. The van der Waals surface area contributed by atoms with Crippen LogP contribution in [0.1, 0.15) is 28.2 Å². The zero-order chi connectivity index (χ0) is 16.4. The smallest absolute Gasteiger partial charge is 0.307 e. The summed E-state index contributed by atoms with van der Waals surface area (Å²) >= 11 is 0. The van der Waals surface area contributed by atoms with Crippen molar-refractivity contribution in [2.45, 2.75) is 19.1 Å². The van der Waals surface area contributed by atoms with Gasteiger partial charge in [-0.05, 0) is 20.0 Å². The number of likely N-dealkylation sites (N-methyl/N-ethyl adjacent to an activating group) is 1. The molecule has 0 saturated carbocycles. The molecular formula is C15H21N5O3. The number of nitrogens with zero attached hydrogens (tertiary/aromatic N) is 4. The number of nitrogens with one attached hydrogen (secondary N) is 1. The highest BCUT2D eigenvalue weighted by molar-refractivity contribution is 5.89. The molecule has 1 N–H and O–H groups in total. The summed E-state index contributed by atoms with van der Waals surface area (Å²) in [6, 6.07) is 2.00. The van der Waals surface area contributed by atoms with Gasteiger partial charge in [-0.15, -0.1) is 0 Å². The Kier molecular flexibility index (Phi) is 4.44. The second-order valence-electron chi connectivity index (χ2n) is 5.70. The summed E-state index contributed by atoms with van der Waals surface area (Å²) in [6.07, 6.45) is 3.13. The van der Waals surface area contributed by atoms with E-state index in [4.69, 9.17) is 9.15 Å². The third kappa shape index (κ3) is 3.27. The maximum Gasteiger partial charge on any atom is 0.307 e. The van der Waals surface area contributed by atoms with E-state index < -0.39 is 0 Å². The van der Waals surface area contributed by atoms with Crippen molar-refractivity contribution in [3.63, 3.8) is 0 Å². The number of hydrogen-bond donors (Lipinski definition) is 1. The highest BCUT2D eigenvalue weighted by Crippen LogP contribution is 2.27. The van der Waals surface area contributed by atoms with Crippen LogP contribution in [0.15, 0.2) is 22.9 Å². The summed E-state index contributed by atoms with van der Waals surface area (Å²) in [6.45, 7) is 3.59. The molecule has 3 rings (SSSR count). The molecule has 0 bridgehead atoms.